The van der Waals surface area contributed by atoms with E-state index >= 15 is 0 Å². The number of aliphatic imine (C=N–C) groups is 1. The Morgan fingerprint density at radius 3 is 2.55 bits per heavy atom. The van der Waals surface area contributed by atoms with Crippen molar-refractivity contribution in [2.45, 2.75) is 38.5 Å². The predicted octanol–water partition coefficient (Wildman–Crippen LogP) is -2.35. The normalized spacial score (nSPS) is 11.3. The Balaban J connectivity index is 0. The predicted molar refractivity (Wildman–Crippen MR) is 81.4 cm³/mol. The first-order chi connectivity index (χ1) is 10.1. The number of carboxylic acids is 1. The molecular formula is C15H27N2NaO4. The van der Waals surface area contributed by atoms with Crippen molar-refractivity contribution in [2.75, 3.05) is 32.8 Å². The zero-order valence-electron chi connectivity index (χ0n) is 13.7. The van der Waals surface area contributed by atoms with Crippen LogP contribution in [0.25, 0.3) is 0 Å². The molecule has 0 aromatic carbocycles. The van der Waals surface area contributed by atoms with Crippen LogP contribution in [-0.2, 0) is 4.79 Å². The number of rotatable bonds is 14. The van der Waals surface area contributed by atoms with Crippen LogP contribution >= 0.6 is 0 Å². The van der Waals surface area contributed by atoms with Crippen molar-refractivity contribution in [1.82, 2.24) is 4.90 Å². The van der Waals surface area contributed by atoms with Gasteiger partial charge in [0, 0.05) is 19.7 Å². The van der Waals surface area contributed by atoms with Crippen LogP contribution in [0.1, 0.15) is 38.5 Å². The number of hydrogen-bond acceptors (Lipinski definition) is 5. The van der Waals surface area contributed by atoms with Gasteiger partial charge in [-0.15, -0.1) is 6.58 Å². The summed E-state index contributed by atoms with van der Waals surface area (Å²) in [6, 6.07) is 0. The van der Waals surface area contributed by atoms with Crippen LogP contribution in [0.5, 0.6) is 0 Å². The fourth-order valence-electron chi connectivity index (χ4n) is 1.89. The van der Waals surface area contributed by atoms with Crippen molar-refractivity contribution >= 4 is 11.9 Å². The van der Waals surface area contributed by atoms with Gasteiger partial charge in [-0.1, -0.05) is 12.5 Å². The van der Waals surface area contributed by atoms with E-state index in [0.717, 1.165) is 25.7 Å². The van der Waals surface area contributed by atoms with Gasteiger partial charge in [-0.3, -0.25) is 9.69 Å². The van der Waals surface area contributed by atoms with E-state index in [4.69, 9.17) is 10.2 Å². The van der Waals surface area contributed by atoms with Crippen molar-refractivity contribution in [1.29, 1.82) is 0 Å². The van der Waals surface area contributed by atoms with E-state index in [0.29, 0.717) is 32.5 Å². The molecule has 0 atom stereocenters. The van der Waals surface area contributed by atoms with Gasteiger partial charge in [0.05, 0.1) is 13.1 Å². The number of nitrogens with zero attached hydrogens (tertiary/aromatic N) is 2. The third kappa shape index (κ3) is 16.0. The molecule has 22 heavy (non-hydrogen) atoms. The molecule has 0 amide bonds. The van der Waals surface area contributed by atoms with Crippen molar-refractivity contribution in [3.8, 4) is 0 Å². The molecule has 0 aliphatic rings. The Hall–Kier alpha value is -0.400. The third-order valence-electron chi connectivity index (χ3n) is 2.99. The molecule has 2 N–H and O–H groups in total. The maximum Gasteiger partial charge on any atom is 1.00 e. The van der Waals surface area contributed by atoms with E-state index in [1.807, 2.05) is 6.08 Å². The van der Waals surface area contributed by atoms with Gasteiger partial charge in [0.1, 0.15) is 0 Å². The van der Waals surface area contributed by atoms with Crippen molar-refractivity contribution in [2.24, 2.45) is 4.99 Å². The molecule has 0 radical (unpaired) electrons. The minimum atomic E-state index is -0.915. The van der Waals surface area contributed by atoms with E-state index in [1.54, 1.807) is 4.90 Å². The molecule has 0 heterocycles. The average Bonchev–Trinajstić information content (AvgIpc) is 2.43. The SMILES string of the molecule is C=CCCCCCC([O-])=NCCN(CCCO)CC(=O)O.[Na+]. The molecule has 0 aromatic rings. The standard InChI is InChI=1S/C15H28N2O4.Na/c1-2-3-4-5-6-8-14(19)16-9-11-17(10-7-12-18)13-15(20)21;/h2,18H,1,3-13H2,(H,16,19)(H,20,21);/q;+1/p-1. The molecule has 0 rings (SSSR count). The zero-order chi connectivity index (χ0) is 15.9. The Morgan fingerprint density at radius 1 is 1.23 bits per heavy atom. The second-order valence-corrected chi connectivity index (χ2v) is 4.91. The summed E-state index contributed by atoms with van der Waals surface area (Å²) in [7, 11) is 0. The van der Waals surface area contributed by atoms with Crippen LogP contribution in [0.3, 0.4) is 0 Å². The molecule has 0 unspecified atom stereocenters. The Kier molecular flexibility index (Phi) is 18.4. The summed E-state index contributed by atoms with van der Waals surface area (Å²) in [4.78, 5) is 16.3. The molecule has 0 saturated carbocycles. The van der Waals surface area contributed by atoms with Crippen LogP contribution in [0.2, 0.25) is 0 Å². The number of aliphatic hydroxyl groups is 1. The summed E-state index contributed by atoms with van der Waals surface area (Å²) in [5, 5.41) is 29.1. The second-order valence-electron chi connectivity index (χ2n) is 4.91. The topological polar surface area (TPSA) is 96.2 Å². The number of allylic oxidation sites excluding steroid dienone is 1. The first-order valence-electron chi connectivity index (χ1n) is 7.46. The van der Waals surface area contributed by atoms with E-state index in [9.17, 15) is 9.90 Å². The van der Waals surface area contributed by atoms with Crippen LogP contribution in [0, 0.1) is 0 Å². The zero-order valence-corrected chi connectivity index (χ0v) is 15.7. The Labute approximate surface area is 155 Å². The molecule has 0 aromatic heterocycles. The van der Waals surface area contributed by atoms with E-state index in [1.165, 1.54) is 0 Å². The quantitative estimate of drug-likeness (QED) is 0.123. The largest absolute Gasteiger partial charge is 1.00 e. The molecule has 7 heteroatoms. The maximum atomic E-state index is 11.5. The van der Waals surface area contributed by atoms with Crippen molar-refractivity contribution in [3.05, 3.63) is 12.7 Å². The summed E-state index contributed by atoms with van der Waals surface area (Å²) in [6.45, 7) is 4.81. The molecule has 0 bridgehead atoms. The fourth-order valence-corrected chi connectivity index (χ4v) is 1.89. The first-order valence-corrected chi connectivity index (χ1v) is 7.46. The van der Waals surface area contributed by atoms with Gasteiger partial charge in [0.2, 0.25) is 0 Å². The minimum absolute atomic E-state index is 0. The second kappa shape index (κ2) is 17.0. The van der Waals surface area contributed by atoms with Crippen LogP contribution < -0.4 is 34.7 Å². The summed E-state index contributed by atoms with van der Waals surface area (Å²) >= 11 is 0. The maximum absolute atomic E-state index is 11.5. The van der Waals surface area contributed by atoms with E-state index in [-0.39, 0.29) is 48.6 Å². The smallest absolute Gasteiger partial charge is 0.862 e. The molecular weight excluding hydrogens is 295 g/mol. The van der Waals surface area contributed by atoms with Gasteiger partial charge in [-0.05, 0) is 38.0 Å². The number of aliphatic hydroxyl groups excluding tert-OH is 1. The summed E-state index contributed by atoms with van der Waals surface area (Å²) in [5.74, 6) is -1.03. The number of carbonyl (C=O) groups is 1. The van der Waals surface area contributed by atoms with E-state index in [2.05, 4.69) is 11.6 Å². The van der Waals surface area contributed by atoms with Crippen LogP contribution in [0.15, 0.2) is 17.6 Å². The first kappa shape index (κ1) is 23.9. The molecule has 0 spiro atoms. The molecule has 6 nitrogen and oxygen atoms in total. The van der Waals surface area contributed by atoms with E-state index < -0.39 is 5.97 Å². The number of carboxylic acid groups (broad SMARTS) is 1. The number of unbranched alkanes of at least 4 members (excludes halogenated alkanes) is 3. The number of aliphatic carboxylic acids is 1. The Morgan fingerprint density at radius 2 is 1.95 bits per heavy atom. The summed E-state index contributed by atoms with van der Waals surface area (Å²) in [6.07, 6.45) is 6.69. The summed E-state index contributed by atoms with van der Waals surface area (Å²) < 4.78 is 0. The van der Waals surface area contributed by atoms with Gasteiger partial charge in [0.15, 0.2) is 0 Å². The van der Waals surface area contributed by atoms with Crippen molar-refractivity contribution < 1.29 is 49.7 Å². The molecule has 0 fully saturated rings. The Bertz CT molecular complexity index is 325. The van der Waals surface area contributed by atoms with Crippen LogP contribution in [-0.4, -0.2) is 59.8 Å². The third-order valence-corrected chi connectivity index (χ3v) is 2.99. The molecule has 122 valence electrons. The van der Waals surface area contributed by atoms with Gasteiger partial charge in [-0.25, -0.2) is 0 Å². The average molecular weight is 322 g/mol. The molecule has 0 aliphatic heterocycles. The van der Waals surface area contributed by atoms with Gasteiger partial charge >= 0.3 is 35.5 Å². The van der Waals surface area contributed by atoms with Gasteiger partial charge in [-0.2, -0.15) is 0 Å². The van der Waals surface area contributed by atoms with Crippen molar-refractivity contribution in [3.63, 3.8) is 0 Å². The number of hydrogen-bond donors (Lipinski definition) is 2. The summed E-state index contributed by atoms with van der Waals surface area (Å²) in [5.41, 5.74) is 0. The van der Waals surface area contributed by atoms with Gasteiger partial charge in [0.25, 0.3) is 0 Å². The fraction of sp³-hybridized carbons (Fsp3) is 0.733. The minimum Gasteiger partial charge on any atom is -0.862 e. The molecule has 0 aliphatic carbocycles. The molecule has 0 saturated heterocycles. The monoisotopic (exact) mass is 322 g/mol. The van der Waals surface area contributed by atoms with Crippen LogP contribution in [0.4, 0.5) is 0 Å². The van der Waals surface area contributed by atoms with Gasteiger partial charge < -0.3 is 20.3 Å².